The predicted molar refractivity (Wildman–Crippen MR) is 87.6 cm³/mol. The average Bonchev–Trinajstić information content (AvgIpc) is 2.42. The highest BCUT2D eigenvalue weighted by molar-refractivity contribution is 9.10. The van der Waals surface area contributed by atoms with Crippen LogP contribution in [0.5, 0.6) is 0 Å². The normalized spacial score (nSPS) is 21.9. The summed E-state index contributed by atoms with van der Waals surface area (Å²) in [6.07, 6.45) is 5.80. The number of carbonyl (C=O) groups is 1. The summed E-state index contributed by atoms with van der Waals surface area (Å²) in [6.45, 7) is 1.56. The molecule has 0 aromatic carbocycles. The van der Waals surface area contributed by atoms with Gasteiger partial charge in [-0.05, 0) is 41.6 Å². The van der Waals surface area contributed by atoms with Crippen LogP contribution >= 0.6 is 15.9 Å². The average molecular weight is 356 g/mol. The van der Waals surface area contributed by atoms with Crippen LogP contribution in [0.2, 0.25) is 0 Å². The molecular weight excluding hydrogens is 334 g/mol. The summed E-state index contributed by atoms with van der Waals surface area (Å²) >= 11 is 3.53. The molecule has 21 heavy (non-hydrogen) atoms. The SMILES string of the molecule is CC(=O)NC1CCC(N(C)c2cc(=O)n(C)cc2Br)CC1. The van der Waals surface area contributed by atoms with E-state index in [4.69, 9.17) is 0 Å². The Kier molecular flexibility index (Phi) is 5.08. The van der Waals surface area contributed by atoms with Crippen molar-refractivity contribution in [2.45, 2.75) is 44.7 Å². The molecule has 0 radical (unpaired) electrons. The van der Waals surface area contributed by atoms with Crippen molar-refractivity contribution in [2.75, 3.05) is 11.9 Å². The van der Waals surface area contributed by atoms with Gasteiger partial charge in [0.15, 0.2) is 0 Å². The van der Waals surface area contributed by atoms with Crippen molar-refractivity contribution < 1.29 is 4.79 Å². The number of hydrogen-bond acceptors (Lipinski definition) is 3. The van der Waals surface area contributed by atoms with Gasteiger partial charge in [0.05, 0.1) is 10.2 Å². The molecule has 0 saturated heterocycles. The number of hydrogen-bond donors (Lipinski definition) is 1. The Balaban J connectivity index is 2.05. The van der Waals surface area contributed by atoms with Crippen LogP contribution in [-0.2, 0) is 11.8 Å². The third-order valence-corrected chi connectivity index (χ3v) is 4.80. The summed E-state index contributed by atoms with van der Waals surface area (Å²) in [4.78, 5) is 25.1. The zero-order chi connectivity index (χ0) is 15.6. The van der Waals surface area contributed by atoms with Crippen LogP contribution < -0.4 is 15.8 Å². The second-order valence-corrected chi connectivity index (χ2v) is 6.63. The van der Waals surface area contributed by atoms with Gasteiger partial charge in [-0.2, -0.15) is 0 Å². The van der Waals surface area contributed by atoms with Gasteiger partial charge in [-0.15, -0.1) is 0 Å². The minimum atomic E-state index is -0.00742. The minimum Gasteiger partial charge on any atom is -0.370 e. The van der Waals surface area contributed by atoms with E-state index in [0.717, 1.165) is 35.8 Å². The Morgan fingerprint density at radius 2 is 2.00 bits per heavy atom. The lowest BCUT2D eigenvalue weighted by Gasteiger charge is -2.36. The number of rotatable bonds is 3. The molecule has 116 valence electrons. The second kappa shape index (κ2) is 6.64. The standard InChI is InChI=1S/C15H22BrN3O2/c1-10(20)17-11-4-6-12(7-5-11)19(3)14-8-15(21)18(2)9-13(14)16/h8-9,11-12H,4-7H2,1-3H3,(H,17,20). The first kappa shape index (κ1) is 16.1. The van der Waals surface area contributed by atoms with Crippen molar-refractivity contribution in [1.82, 2.24) is 9.88 Å². The van der Waals surface area contributed by atoms with E-state index in [2.05, 4.69) is 26.1 Å². The molecule has 1 aromatic heterocycles. The van der Waals surface area contributed by atoms with E-state index in [0.29, 0.717) is 12.1 Å². The maximum atomic E-state index is 11.8. The summed E-state index contributed by atoms with van der Waals surface area (Å²) < 4.78 is 2.49. The molecule has 1 heterocycles. The topological polar surface area (TPSA) is 54.3 Å². The molecule has 0 bridgehead atoms. The Labute approximate surface area is 133 Å². The van der Waals surface area contributed by atoms with Crippen LogP contribution in [0, 0.1) is 0 Å². The zero-order valence-electron chi connectivity index (χ0n) is 12.7. The molecule has 1 fully saturated rings. The molecule has 1 saturated carbocycles. The number of amides is 1. The highest BCUT2D eigenvalue weighted by Gasteiger charge is 2.25. The fourth-order valence-electron chi connectivity index (χ4n) is 2.95. The number of carbonyl (C=O) groups excluding carboxylic acids is 1. The molecule has 1 aromatic rings. The molecular formula is C15H22BrN3O2. The fourth-order valence-corrected chi connectivity index (χ4v) is 3.65. The molecule has 6 heteroatoms. The predicted octanol–water partition coefficient (Wildman–Crippen LogP) is 2.03. The summed E-state index contributed by atoms with van der Waals surface area (Å²) in [6, 6.07) is 2.36. The molecule has 1 amide bonds. The largest absolute Gasteiger partial charge is 0.370 e. The molecule has 0 aliphatic heterocycles. The van der Waals surface area contributed by atoms with E-state index in [1.165, 1.54) is 0 Å². The van der Waals surface area contributed by atoms with Crippen molar-refractivity contribution in [3.8, 4) is 0 Å². The monoisotopic (exact) mass is 355 g/mol. The molecule has 2 rings (SSSR count). The molecule has 1 aliphatic carbocycles. The van der Waals surface area contributed by atoms with Crippen molar-refractivity contribution in [3.05, 3.63) is 27.1 Å². The van der Waals surface area contributed by atoms with Gasteiger partial charge < -0.3 is 14.8 Å². The van der Waals surface area contributed by atoms with Gasteiger partial charge >= 0.3 is 0 Å². The van der Waals surface area contributed by atoms with E-state index in [9.17, 15) is 9.59 Å². The first-order valence-electron chi connectivity index (χ1n) is 7.24. The van der Waals surface area contributed by atoms with Gasteiger partial charge in [-0.3, -0.25) is 9.59 Å². The van der Waals surface area contributed by atoms with Gasteiger partial charge in [0.1, 0.15) is 0 Å². The molecule has 0 unspecified atom stereocenters. The highest BCUT2D eigenvalue weighted by Crippen LogP contribution is 2.30. The van der Waals surface area contributed by atoms with Gasteiger partial charge in [0.25, 0.3) is 5.56 Å². The van der Waals surface area contributed by atoms with E-state index < -0.39 is 0 Å². The van der Waals surface area contributed by atoms with E-state index in [-0.39, 0.29) is 11.5 Å². The van der Waals surface area contributed by atoms with Crippen LogP contribution in [0.25, 0.3) is 0 Å². The van der Waals surface area contributed by atoms with Crippen LogP contribution in [-0.4, -0.2) is 29.6 Å². The van der Waals surface area contributed by atoms with Crippen molar-refractivity contribution in [3.63, 3.8) is 0 Å². The summed E-state index contributed by atoms with van der Waals surface area (Å²) in [5.74, 6) is 0.0427. The molecule has 1 N–H and O–H groups in total. The molecule has 5 nitrogen and oxygen atoms in total. The van der Waals surface area contributed by atoms with E-state index in [1.807, 2.05) is 7.05 Å². The second-order valence-electron chi connectivity index (χ2n) is 5.77. The van der Waals surface area contributed by atoms with Crippen molar-refractivity contribution in [2.24, 2.45) is 7.05 Å². The van der Waals surface area contributed by atoms with Gasteiger partial charge in [0.2, 0.25) is 5.91 Å². The molecule has 0 atom stereocenters. The smallest absolute Gasteiger partial charge is 0.252 e. The maximum absolute atomic E-state index is 11.8. The van der Waals surface area contributed by atoms with Crippen LogP contribution in [0.15, 0.2) is 21.5 Å². The lowest BCUT2D eigenvalue weighted by Crippen LogP contribution is -2.42. The van der Waals surface area contributed by atoms with Gasteiger partial charge in [-0.25, -0.2) is 0 Å². The number of halogens is 1. The summed E-state index contributed by atoms with van der Waals surface area (Å²) in [7, 11) is 3.78. The number of pyridine rings is 1. The highest BCUT2D eigenvalue weighted by atomic mass is 79.9. The zero-order valence-corrected chi connectivity index (χ0v) is 14.3. The van der Waals surface area contributed by atoms with Gasteiger partial charge in [0, 0.05) is 45.4 Å². The Hall–Kier alpha value is -1.30. The van der Waals surface area contributed by atoms with E-state index in [1.54, 1.807) is 30.8 Å². The lowest BCUT2D eigenvalue weighted by molar-refractivity contribution is -0.119. The number of aromatic nitrogens is 1. The quantitative estimate of drug-likeness (QED) is 0.902. The van der Waals surface area contributed by atoms with Gasteiger partial charge in [-0.1, -0.05) is 0 Å². The Morgan fingerprint density at radius 1 is 1.38 bits per heavy atom. The van der Waals surface area contributed by atoms with E-state index >= 15 is 0 Å². The fraction of sp³-hybridized carbons (Fsp3) is 0.600. The van der Waals surface area contributed by atoms with Crippen LogP contribution in [0.1, 0.15) is 32.6 Å². The Bertz CT molecular complexity index is 577. The number of aryl methyl sites for hydroxylation is 1. The number of anilines is 1. The molecule has 1 aliphatic rings. The lowest BCUT2D eigenvalue weighted by atomic mass is 9.90. The first-order valence-corrected chi connectivity index (χ1v) is 8.04. The summed E-state index contributed by atoms with van der Waals surface area (Å²) in [5, 5.41) is 2.99. The molecule has 0 spiro atoms. The third kappa shape index (κ3) is 3.87. The number of nitrogens with zero attached hydrogens (tertiary/aromatic N) is 2. The third-order valence-electron chi connectivity index (χ3n) is 4.19. The van der Waals surface area contributed by atoms with Crippen LogP contribution in [0.3, 0.4) is 0 Å². The Morgan fingerprint density at radius 3 is 2.57 bits per heavy atom. The summed E-state index contributed by atoms with van der Waals surface area (Å²) in [5.41, 5.74) is 0.924. The van der Waals surface area contributed by atoms with Crippen molar-refractivity contribution >= 4 is 27.5 Å². The van der Waals surface area contributed by atoms with Crippen LogP contribution in [0.4, 0.5) is 5.69 Å². The minimum absolute atomic E-state index is 0.00742. The van der Waals surface area contributed by atoms with Crippen molar-refractivity contribution in [1.29, 1.82) is 0 Å². The number of nitrogens with one attached hydrogen (secondary N) is 1. The maximum Gasteiger partial charge on any atom is 0.252 e. The first-order chi connectivity index (χ1) is 9.88.